The second-order valence-electron chi connectivity index (χ2n) is 5.59. The first-order valence-electron chi connectivity index (χ1n) is 7.72. The summed E-state index contributed by atoms with van der Waals surface area (Å²) >= 11 is 0. The molecule has 1 amide bonds. The van der Waals surface area contributed by atoms with Crippen LogP contribution in [0, 0.1) is 0 Å². The van der Waals surface area contributed by atoms with Crippen LogP contribution >= 0.6 is 0 Å². The van der Waals surface area contributed by atoms with Crippen LogP contribution in [0.15, 0.2) is 0 Å². The fourth-order valence-corrected chi connectivity index (χ4v) is 3.16. The third-order valence-corrected chi connectivity index (χ3v) is 4.82. The molecule has 118 valence electrons. The number of amides is 1. The van der Waals surface area contributed by atoms with Crippen molar-refractivity contribution in [3.63, 3.8) is 0 Å². The number of unbranched alkanes of at least 4 members (excludes halogenated alkanes) is 8. The van der Waals surface area contributed by atoms with Crippen LogP contribution in [-0.2, 0) is 14.9 Å². The highest BCUT2D eigenvalue weighted by atomic mass is 32.2. The maximum absolute atomic E-state index is 11.6. The molecule has 0 aromatic rings. The van der Waals surface area contributed by atoms with Crippen molar-refractivity contribution in [2.24, 2.45) is 0 Å². The van der Waals surface area contributed by atoms with Gasteiger partial charge >= 0.3 is 0 Å². The highest BCUT2D eigenvalue weighted by molar-refractivity contribution is 7.86. The Morgan fingerprint density at radius 3 is 2.00 bits per heavy atom. The van der Waals surface area contributed by atoms with Crippen molar-refractivity contribution in [1.29, 1.82) is 0 Å². The van der Waals surface area contributed by atoms with Crippen LogP contribution in [0.2, 0.25) is 0 Å². The summed E-state index contributed by atoms with van der Waals surface area (Å²) in [4.78, 5) is 12.8. The van der Waals surface area contributed by atoms with Gasteiger partial charge in [0.05, 0.1) is 6.54 Å². The molecule has 0 saturated carbocycles. The lowest BCUT2D eigenvalue weighted by Crippen LogP contribution is -2.18. The van der Waals surface area contributed by atoms with Gasteiger partial charge in [-0.25, -0.2) is 0 Å². The lowest BCUT2D eigenvalue weighted by molar-refractivity contribution is -0.126. The molecule has 1 aliphatic heterocycles. The van der Waals surface area contributed by atoms with Gasteiger partial charge in [-0.15, -0.1) is 0 Å². The summed E-state index contributed by atoms with van der Waals surface area (Å²) in [6.45, 7) is 2.36. The number of carbonyl (C=O) groups is 1. The van der Waals surface area contributed by atoms with E-state index in [1.807, 2.05) is 0 Å². The third-order valence-electron chi connectivity index (χ3n) is 3.73. The molecule has 1 atom stereocenters. The number of nitrogens with zero attached hydrogens (tertiary/aromatic N) is 1. The lowest BCUT2D eigenvalue weighted by Gasteiger charge is -2.04. The SMILES string of the molecule is CCCCCCCCCCCC(=O)N1CC1S(=O)(=O)O. The van der Waals surface area contributed by atoms with Crippen molar-refractivity contribution in [1.82, 2.24) is 4.90 Å². The second kappa shape index (κ2) is 8.62. The van der Waals surface area contributed by atoms with Gasteiger partial charge in [0.25, 0.3) is 10.1 Å². The first-order chi connectivity index (χ1) is 9.46. The molecule has 1 rings (SSSR count). The van der Waals surface area contributed by atoms with Crippen molar-refractivity contribution >= 4 is 16.0 Å². The molecule has 1 saturated heterocycles. The monoisotopic (exact) mass is 305 g/mol. The number of hydrogen-bond acceptors (Lipinski definition) is 3. The lowest BCUT2D eigenvalue weighted by atomic mass is 10.1. The molecule has 6 heteroatoms. The molecular formula is C14H27NO4S. The Balaban J connectivity index is 1.94. The van der Waals surface area contributed by atoms with E-state index in [0.717, 1.165) is 19.3 Å². The summed E-state index contributed by atoms with van der Waals surface area (Å²) in [7, 11) is -4.07. The molecule has 1 unspecified atom stereocenters. The van der Waals surface area contributed by atoms with Gasteiger partial charge in [0.1, 0.15) is 0 Å². The predicted octanol–water partition coefficient (Wildman–Crippen LogP) is 2.96. The molecule has 1 N–H and O–H groups in total. The molecular weight excluding hydrogens is 278 g/mol. The fourth-order valence-electron chi connectivity index (χ4n) is 2.37. The number of carbonyl (C=O) groups excluding carboxylic acids is 1. The van der Waals surface area contributed by atoms with Crippen LogP contribution in [0.4, 0.5) is 0 Å². The minimum Gasteiger partial charge on any atom is -0.319 e. The molecule has 0 aromatic heterocycles. The normalized spacial score (nSPS) is 18.3. The largest absolute Gasteiger partial charge is 0.319 e. The Bertz CT molecular complexity index is 394. The van der Waals surface area contributed by atoms with Gasteiger partial charge in [-0.3, -0.25) is 9.35 Å². The van der Waals surface area contributed by atoms with E-state index < -0.39 is 15.5 Å². The van der Waals surface area contributed by atoms with Gasteiger partial charge in [-0.1, -0.05) is 58.3 Å². The molecule has 0 radical (unpaired) electrons. The standard InChI is InChI=1S/C14H27NO4S/c1-2-3-4-5-6-7-8-9-10-11-13(16)15-12-14(15)20(17,18)19/h14H,2-12H2,1H3,(H,17,18,19). The van der Waals surface area contributed by atoms with Crippen molar-refractivity contribution < 1.29 is 17.8 Å². The molecule has 0 spiro atoms. The molecule has 1 fully saturated rings. The van der Waals surface area contributed by atoms with Crippen LogP contribution in [-0.4, -0.2) is 35.7 Å². The smallest absolute Gasteiger partial charge is 0.288 e. The summed E-state index contributed by atoms with van der Waals surface area (Å²) < 4.78 is 30.4. The molecule has 0 aromatic carbocycles. The summed E-state index contributed by atoms with van der Waals surface area (Å²) in [5.74, 6) is -0.157. The van der Waals surface area contributed by atoms with Crippen LogP contribution in [0.25, 0.3) is 0 Å². The zero-order valence-electron chi connectivity index (χ0n) is 12.4. The van der Waals surface area contributed by atoms with E-state index >= 15 is 0 Å². The highest BCUT2D eigenvalue weighted by Gasteiger charge is 2.47. The molecule has 1 aliphatic rings. The highest BCUT2D eigenvalue weighted by Crippen LogP contribution is 2.24. The van der Waals surface area contributed by atoms with E-state index in [0.29, 0.717) is 6.42 Å². The number of rotatable bonds is 11. The summed E-state index contributed by atoms with van der Waals surface area (Å²) in [5.41, 5.74) is 0. The summed E-state index contributed by atoms with van der Waals surface area (Å²) in [5, 5.41) is -0.978. The third kappa shape index (κ3) is 6.70. The van der Waals surface area contributed by atoms with E-state index in [1.165, 1.54) is 43.4 Å². The Morgan fingerprint density at radius 2 is 1.55 bits per heavy atom. The van der Waals surface area contributed by atoms with E-state index in [9.17, 15) is 13.2 Å². The topological polar surface area (TPSA) is 74.5 Å². The minimum absolute atomic E-state index is 0.148. The van der Waals surface area contributed by atoms with Gasteiger partial charge in [-0.2, -0.15) is 8.42 Å². The maximum atomic E-state index is 11.6. The van der Waals surface area contributed by atoms with Gasteiger partial charge in [-0.05, 0) is 6.42 Å². The fraction of sp³-hybridized carbons (Fsp3) is 0.929. The Morgan fingerprint density at radius 1 is 1.05 bits per heavy atom. The van der Waals surface area contributed by atoms with Crippen LogP contribution in [0.5, 0.6) is 0 Å². The number of hydrogen-bond donors (Lipinski definition) is 1. The van der Waals surface area contributed by atoms with Crippen LogP contribution < -0.4 is 0 Å². The first-order valence-corrected chi connectivity index (χ1v) is 9.23. The summed E-state index contributed by atoms with van der Waals surface area (Å²) in [6, 6.07) is 0. The van der Waals surface area contributed by atoms with E-state index in [1.54, 1.807) is 0 Å². The van der Waals surface area contributed by atoms with Crippen LogP contribution in [0.1, 0.15) is 71.1 Å². The molecule has 1 heterocycles. The van der Waals surface area contributed by atoms with E-state index in [-0.39, 0.29) is 12.5 Å². The van der Waals surface area contributed by atoms with E-state index in [4.69, 9.17) is 4.55 Å². The van der Waals surface area contributed by atoms with Crippen molar-refractivity contribution in [3.8, 4) is 0 Å². The molecule has 5 nitrogen and oxygen atoms in total. The van der Waals surface area contributed by atoms with Gasteiger partial charge < -0.3 is 4.90 Å². The Kier molecular flexibility index (Phi) is 7.51. The summed E-state index contributed by atoms with van der Waals surface area (Å²) in [6.07, 6.45) is 11.1. The maximum Gasteiger partial charge on any atom is 0.288 e. The van der Waals surface area contributed by atoms with Gasteiger partial charge in [0.15, 0.2) is 5.37 Å². The quantitative estimate of drug-likeness (QED) is 0.362. The van der Waals surface area contributed by atoms with Gasteiger partial charge in [0, 0.05) is 6.42 Å². The van der Waals surface area contributed by atoms with Crippen LogP contribution in [0.3, 0.4) is 0 Å². The zero-order valence-corrected chi connectivity index (χ0v) is 13.2. The van der Waals surface area contributed by atoms with Gasteiger partial charge in [0.2, 0.25) is 5.91 Å². The molecule has 0 aliphatic carbocycles. The zero-order chi connectivity index (χ0) is 15.0. The molecule has 0 bridgehead atoms. The first kappa shape index (κ1) is 17.4. The predicted molar refractivity (Wildman–Crippen MR) is 78.9 cm³/mol. The van der Waals surface area contributed by atoms with Crippen molar-refractivity contribution in [2.75, 3.05) is 6.54 Å². The minimum atomic E-state index is -4.07. The average molecular weight is 305 g/mol. The Hall–Kier alpha value is -0.620. The average Bonchev–Trinajstić information content (AvgIpc) is 3.16. The molecule has 20 heavy (non-hydrogen) atoms. The van der Waals surface area contributed by atoms with Crippen molar-refractivity contribution in [2.45, 2.75) is 76.5 Å². The second-order valence-corrected chi connectivity index (χ2v) is 7.17. The Labute approximate surface area is 122 Å². The van der Waals surface area contributed by atoms with Crippen molar-refractivity contribution in [3.05, 3.63) is 0 Å². The van der Waals surface area contributed by atoms with E-state index in [2.05, 4.69) is 6.92 Å².